The van der Waals surface area contributed by atoms with Crippen LogP contribution in [0.2, 0.25) is 0 Å². The van der Waals surface area contributed by atoms with Crippen LogP contribution < -0.4 is 15.0 Å². The SMILES string of the molecule is CC(C)(C)n1nnnc1[C@H](c1cc2cc3c(cc2[nH]c1=O)OCO3)N1CCCCCC1. The molecule has 1 atom stereocenters. The summed E-state index contributed by atoms with van der Waals surface area (Å²) in [6.45, 7) is 8.20. The van der Waals surface area contributed by atoms with Gasteiger partial charge in [0.05, 0.1) is 11.1 Å². The van der Waals surface area contributed by atoms with Gasteiger partial charge in [0.25, 0.3) is 5.56 Å². The number of ether oxygens (including phenoxy) is 2. The Labute approximate surface area is 180 Å². The van der Waals surface area contributed by atoms with E-state index in [1.165, 1.54) is 12.8 Å². The second kappa shape index (κ2) is 7.64. The first-order valence-electron chi connectivity index (χ1n) is 10.9. The lowest BCUT2D eigenvalue weighted by Crippen LogP contribution is -2.38. The van der Waals surface area contributed by atoms with Crippen LogP contribution in [0.4, 0.5) is 0 Å². The minimum Gasteiger partial charge on any atom is -0.454 e. The fourth-order valence-corrected chi connectivity index (χ4v) is 4.51. The van der Waals surface area contributed by atoms with E-state index in [1.54, 1.807) is 0 Å². The second-order valence-electron chi connectivity index (χ2n) is 9.32. The molecule has 2 aliphatic heterocycles. The van der Waals surface area contributed by atoms with Gasteiger partial charge in [0, 0.05) is 17.0 Å². The smallest absolute Gasteiger partial charge is 0.253 e. The van der Waals surface area contributed by atoms with E-state index < -0.39 is 0 Å². The Morgan fingerprint density at radius 2 is 1.74 bits per heavy atom. The molecule has 31 heavy (non-hydrogen) atoms. The maximum Gasteiger partial charge on any atom is 0.253 e. The number of pyridine rings is 1. The van der Waals surface area contributed by atoms with Gasteiger partial charge in [0.15, 0.2) is 17.3 Å². The lowest BCUT2D eigenvalue weighted by Gasteiger charge is -2.31. The highest BCUT2D eigenvalue weighted by Crippen LogP contribution is 2.37. The molecule has 2 aliphatic rings. The largest absolute Gasteiger partial charge is 0.454 e. The first-order valence-corrected chi connectivity index (χ1v) is 10.9. The van der Waals surface area contributed by atoms with Crippen LogP contribution in [0.3, 0.4) is 0 Å². The van der Waals surface area contributed by atoms with E-state index in [-0.39, 0.29) is 23.9 Å². The van der Waals surface area contributed by atoms with Gasteiger partial charge in [-0.15, -0.1) is 5.10 Å². The lowest BCUT2D eigenvalue weighted by atomic mass is 10.0. The molecule has 0 unspecified atom stereocenters. The van der Waals surface area contributed by atoms with E-state index >= 15 is 0 Å². The number of fused-ring (bicyclic) bond motifs is 2. The Bertz CT molecular complexity index is 1150. The third-order valence-electron chi connectivity index (χ3n) is 6.04. The predicted molar refractivity (Wildman–Crippen MR) is 115 cm³/mol. The molecule has 1 N–H and O–H groups in total. The number of nitrogens with one attached hydrogen (secondary N) is 1. The third kappa shape index (κ3) is 3.67. The normalized spacial score (nSPS) is 18.3. The molecular weight excluding hydrogens is 396 g/mol. The van der Waals surface area contributed by atoms with Crippen molar-refractivity contribution in [2.45, 2.75) is 58.0 Å². The molecular formula is C22H28N6O3. The van der Waals surface area contributed by atoms with Crippen LogP contribution in [0, 0.1) is 0 Å². The van der Waals surface area contributed by atoms with Crippen molar-refractivity contribution in [3.63, 3.8) is 0 Å². The fourth-order valence-electron chi connectivity index (χ4n) is 4.51. The van der Waals surface area contributed by atoms with Crippen LogP contribution in [-0.2, 0) is 5.54 Å². The molecule has 0 aliphatic carbocycles. The summed E-state index contributed by atoms with van der Waals surface area (Å²) in [6, 6.07) is 5.37. The summed E-state index contributed by atoms with van der Waals surface area (Å²) < 4.78 is 12.8. The van der Waals surface area contributed by atoms with Gasteiger partial charge in [-0.05, 0) is 69.3 Å². The summed E-state index contributed by atoms with van der Waals surface area (Å²) in [5.74, 6) is 2.04. The summed E-state index contributed by atoms with van der Waals surface area (Å²) >= 11 is 0. The first-order chi connectivity index (χ1) is 14.9. The Kier molecular flexibility index (Phi) is 4.92. The Hall–Kier alpha value is -2.94. The molecule has 3 aromatic rings. The molecule has 0 saturated carbocycles. The molecule has 5 rings (SSSR count). The number of aromatic nitrogens is 5. The van der Waals surface area contributed by atoms with Gasteiger partial charge in [-0.25, -0.2) is 4.68 Å². The van der Waals surface area contributed by atoms with E-state index in [0.717, 1.165) is 36.8 Å². The first kappa shape index (κ1) is 20.0. The number of rotatable bonds is 3. The van der Waals surface area contributed by atoms with E-state index in [0.29, 0.717) is 22.9 Å². The van der Waals surface area contributed by atoms with Crippen LogP contribution in [-0.4, -0.2) is 50.0 Å². The standard InChI is InChI=1S/C22H28N6O3/c1-22(2,3)28-20(24-25-26-28)19(27-8-6-4-5-7-9-27)15-10-14-11-17-18(31-13-30-17)12-16(14)23-21(15)29/h10-12,19H,4-9,13H2,1-3H3,(H,23,29)/t19-/m0/s1. The van der Waals surface area contributed by atoms with E-state index in [2.05, 4.69) is 46.2 Å². The summed E-state index contributed by atoms with van der Waals surface area (Å²) in [5.41, 5.74) is 0.930. The maximum atomic E-state index is 13.3. The number of hydrogen-bond donors (Lipinski definition) is 1. The van der Waals surface area contributed by atoms with Gasteiger partial charge >= 0.3 is 0 Å². The zero-order chi connectivity index (χ0) is 21.6. The zero-order valence-corrected chi connectivity index (χ0v) is 18.2. The number of hydrogen-bond acceptors (Lipinski definition) is 7. The van der Waals surface area contributed by atoms with Gasteiger partial charge in [-0.1, -0.05) is 12.8 Å². The Morgan fingerprint density at radius 3 is 2.45 bits per heavy atom. The Balaban J connectivity index is 1.68. The lowest BCUT2D eigenvalue weighted by molar-refractivity contribution is 0.174. The highest BCUT2D eigenvalue weighted by Gasteiger charge is 2.33. The summed E-state index contributed by atoms with van der Waals surface area (Å²) in [4.78, 5) is 18.7. The van der Waals surface area contributed by atoms with Gasteiger partial charge in [-0.2, -0.15) is 0 Å². The average Bonchev–Trinajstić information content (AvgIpc) is 3.30. The maximum absolute atomic E-state index is 13.3. The molecule has 2 aromatic heterocycles. The number of tetrazole rings is 1. The van der Waals surface area contributed by atoms with Crippen molar-refractivity contribution in [1.82, 2.24) is 30.1 Å². The minimum absolute atomic E-state index is 0.135. The predicted octanol–water partition coefficient (Wildman–Crippen LogP) is 2.96. The van der Waals surface area contributed by atoms with Crippen molar-refractivity contribution in [3.05, 3.63) is 39.9 Å². The van der Waals surface area contributed by atoms with Crippen molar-refractivity contribution >= 4 is 10.9 Å². The van der Waals surface area contributed by atoms with Crippen molar-refractivity contribution < 1.29 is 9.47 Å². The molecule has 0 radical (unpaired) electrons. The van der Waals surface area contributed by atoms with Crippen LogP contribution in [0.5, 0.6) is 11.5 Å². The quantitative estimate of drug-likeness (QED) is 0.690. The zero-order valence-electron chi connectivity index (χ0n) is 18.2. The molecule has 0 bridgehead atoms. The van der Waals surface area contributed by atoms with Gasteiger partial charge in [0.2, 0.25) is 6.79 Å². The molecule has 9 heteroatoms. The molecule has 1 saturated heterocycles. The second-order valence-corrected chi connectivity index (χ2v) is 9.32. The van der Waals surface area contributed by atoms with Gasteiger partial charge in [0.1, 0.15) is 6.04 Å². The summed E-state index contributed by atoms with van der Waals surface area (Å²) in [6.07, 6.45) is 4.59. The monoisotopic (exact) mass is 424 g/mol. The topological polar surface area (TPSA) is 98.2 Å². The van der Waals surface area contributed by atoms with Crippen molar-refractivity contribution in [1.29, 1.82) is 0 Å². The van der Waals surface area contributed by atoms with Crippen LogP contribution in [0.1, 0.15) is 63.9 Å². The molecule has 1 fully saturated rings. The molecule has 164 valence electrons. The number of benzene rings is 1. The van der Waals surface area contributed by atoms with Crippen molar-refractivity contribution in [3.8, 4) is 11.5 Å². The average molecular weight is 425 g/mol. The van der Waals surface area contributed by atoms with E-state index in [9.17, 15) is 4.79 Å². The summed E-state index contributed by atoms with van der Waals surface area (Å²) in [5, 5.41) is 13.6. The molecule has 0 spiro atoms. The van der Waals surface area contributed by atoms with E-state index in [1.807, 2.05) is 22.9 Å². The van der Waals surface area contributed by atoms with E-state index in [4.69, 9.17) is 9.47 Å². The molecule has 4 heterocycles. The van der Waals surface area contributed by atoms with Gasteiger partial charge in [-0.3, -0.25) is 9.69 Å². The summed E-state index contributed by atoms with van der Waals surface area (Å²) in [7, 11) is 0. The van der Waals surface area contributed by atoms with Crippen LogP contribution in [0.25, 0.3) is 10.9 Å². The number of H-pyrrole nitrogens is 1. The number of aromatic amines is 1. The molecule has 1 aromatic carbocycles. The van der Waals surface area contributed by atoms with Crippen LogP contribution in [0.15, 0.2) is 23.0 Å². The van der Waals surface area contributed by atoms with Crippen molar-refractivity contribution in [2.24, 2.45) is 0 Å². The minimum atomic E-state index is -0.328. The third-order valence-corrected chi connectivity index (χ3v) is 6.04. The fraction of sp³-hybridized carbons (Fsp3) is 0.545. The number of nitrogens with zero attached hydrogens (tertiary/aromatic N) is 5. The Morgan fingerprint density at radius 1 is 1.03 bits per heavy atom. The molecule has 9 nitrogen and oxygen atoms in total. The highest BCUT2D eigenvalue weighted by molar-refractivity contribution is 5.83. The van der Waals surface area contributed by atoms with Crippen molar-refractivity contribution in [2.75, 3.05) is 19.9 Å². The van der Waals surface area contributed by atoms with Gasteiger partial charge < -0.3 is 14.5 Å². The highest BCUT2D eigenvalue weighted by atomic mass is 16.7. The molecule has 0 amide bonds. The number of likely N-dealkylation sites (tertiary alicyclic amines) is 1. The van der Waals surface area contributed by atoms with Crippen LogP contribution >= 0.6 is 0 Å².